The lowest BCUT2D eigenvalue weighted by atomic mass is 9.72. The molecular weight excluding hydrogens is 494 g/mol. The van der Waals surface area contributed by atoms with Crippen molar-refractivity contribution in [2.75, 3.05) is 18.5 Å². The van der Waals surface area contributed by atoms with Crippen LogP contribution in [0, 0.1) is 29.6 Å². The van der Waals surface area contributed by atoms with Crippen LogP contribution in [0.2, 0.25) is 0 Å². The Morgan fingerprint density at radius 3 is 2.63 bits per heavy atom. The number of fused-ring (bicyclic) bond motifs is 1. The third-order valence-electron chi connectivity index (χ3n) is 6.88. The highest BCUT2D eigenvalue weighted by atomic mass is 32.1. The highest BCUT2D eigenvalue weighted by Crippen LogP contribution is 2.45. The van der Waals surface area contributed by atoms with Gasteiger partial charge in [-0.1, -0.05) is 38.5 Å². The van der Waals surface area contributed by atoms with Gasteiger partial charge in [-0.3, -0.25) is 4.79 Å². The van der Waals surface area contributed by atoms with Gasteiger partial charge in [-0.15, -0.1) is 11.3 Å². The van der Waals surface area contributed by atoms with Crippen molar-refractivity contribution in [1.82, 2.24) is 0 Å². The summed E-state index contributed by atoms with van der Waals surface area (Å²) in [7, 11) is 0. The Bertz CT molecular complexity index is 1360. The van der Waals surface area contributed by atoms with Crippen molar-refractivity contribution in [3.8, 4) is 17.6 Å². The normalized spacial score (nSPS) is 15.1. The summed E-state index contributed by atoms with van der Waals surface area (Å²) in [6, 6.07) is 15.5. The molecule has 1 atom stereocenters. The Kier molecular flexibility index (Phi) is 8.53. The summed E-state index contributed by atoms with van der Waals surface area (Å²) in [5.74, 6) is 1.39. The van der Waals surface area contributed by atoms with Crippen molar-refractivity contribution < 1.29 is 14.3 Å². The molecule has 1 aliphatic rings. The van der Waals surface area contributed by atoms with Crippen molar-refractivity contribution in [3.05, 3.63) is 69.6 Å². The summed E-state index contributed by atoms with van der Waals surface area (Å²) >= 11 is 1.64. The second-order valence-electron chi connectivity index (χ2n) is 10.7. The van der Waals surface area contributed by atoms with Crippen LogP contribution in [0.5, 0.6) is 11.5 Å². The monoisotopic (exact) mass is 529 g/mol. The molecule has 0 unspecified atom stereocenters. The number of rotatable bonds is 8. The number of aryl methyl sites for hydroxylation is 1. The molecule has 2 aromatic carbocycles. The zero-order chi connectivity index (χ0) is 27.3. The molecule has 1 N–H and O–H groups in total. The van der Waals surface area contributed by atoms with E-state index in [4.69, 9.17) is 14.5 Å². The van der Waals surface area contributed by atoms with Gasteiger partial charge in [0, 0.05) is 16.8 Å². The van der Waals surface area contributed by atoms with Crippen LogP contribution < -0.4 is 14.8 Å². The topological polar surface area (TPSA) is 83.7 Å². The average molecular weight is 530 g/mol. The fraction of sp³-hybridized carbons (Fsp3) is 0.387. The molecule has 0 radical (unpaired) electrons. The molecule has 0 aliphatic heterocycles. The Morgan fingerprint density at radius 1 is 1.18 bits per heavy atom. The van der Waals surface area contributed by atoms with Gasteiger partial charge < -0.3 is 14.8 Å². The maximum absolute atomic E-state index is 12.4. The van der Waals surface area contributed by atoms with Gasteiger partial charge in [0.25, 0.3) is 5.91 Å². The number of nitrogens with one attached hydrogen (secondary N) is 1. The number of ether oxygens (including phenoxy) is 2. The zero-order valence-electron chi connectivity index (χ0n) is 22.8. The third kappa shape index (κ3) is 6.62. The highest BCUT2D eigenvalue weighted by molar-refractivity contribution is 7.16. The van der Waals surface area contributed by atoms with E-state index in [1.54, 1.807) is 23.6 Å². The molecule has 1 aliphatic carbocycles. The zero-order valence-corrected chi connectivity index (χ0v) is 23.6. The van der Waals surface area contributed by atoms with Crippen LogP contribution in [0.3, 0.4) is 0 Å². The maximum atomic E-state index is 12.4. The first-order chi connectivity index (χ1) is 18.2. The molecular formula is C31H35N3O3S. The van der Waals surface area contributed by atoms with Crippen LogP contribution in [-0.4, -0.2) is 25.3 Å². The van der Waals surface area contributed by atoms with E-state index in [0.29, 0.717) is 29.6 Å². The number of carbonyl (C=O) groups excluding carboxylic acids is 1. The molecule has 198 valence electrons. The van der Waals surface area contributed by atoms with Gasteiger partial charge in [0.1, 0.15) is 11.1 Å². The van der Waals surface area contributed by atoms with Gasteiger partial charge in [-0.05, 0) is 85.9 Å². The van der Waals surface area contributed by atoms with Crippen molar-refractivity contribution in [2.24, 2.45) is 16.3 Å². The van der Waals surface area contributed by atoms with Gasteiger partial charge in [-0.25, -0.2) is 4.99 Å². The lowest BCUT2D eigenvalue weighted by Gasteiger charge is -2.33. The molecule has 7 heteroatoms. The average Bonchev–Trinajstić information content (AvgIpc) is 3.24. The first-order valence-corrected chi connectivity index (χ1v) is 13.8. The minimum Gasteiger partial charge on any atom is -0.490 e. The summed E-state index contributed by atoms with van der Waals surface area (Å²) in [6.07, 6.45) is 4.80. The predicted molar refractivity (Wildman–Crippen MR) is 154 cm³/mol. The van der Waals surface area contributed by atoms with Crippen molar-refractivity contribution >= 4 is 34.1 Å². The van der Waals surface area contributed by atoms with Crippen LogP contribution in [0.4, 0.5) is 10.7 Å². The summed E-state index contributed by atoms with van der Waals surface area (Å²) in [5, 5.41) is 13.5. The molecule has 6 nitrogen and oxygen atoms in total. The van der Waals surface area contributed by atoms with E-state index in [9.17, 15) is 10.1 Å². The van der Waals surface area contributed by atoms with E-state index in [2.05, 4.69) is 32.2 Å². The lowest BCUT2D eigenvalue weighted by Crippen LogP contribution is -2.26. The second-order valence-corrected chi connectivity index (χ2v) is 11.8. The smallest absolute Gasteiger partial charge is 0.262 e. The summed E-state index contributed by atoms with van der Waals surface area (Å²) < 4.78 is 11.6. The van der Waals surface area contributed by atoms with E-state index >= 15 is 0 Å². The molecule has 38 heavy (non-hydrogen) atoms. The van der Waals surface area contributed by atoms with E-state index in [1.807, 2.05) is 50.2 Å². The fourth-order valence-corrected chi connectivity index (χ4v) is 5.84. The van der Waals surface area contributed by atoms with Crippen LogP contribution in [0.15, 0.2) is 47.5 Å². The number of aliphatic imine (C=N–C) groups is 1. The Hall–Kier alpha value is -3.63. The van der Waals surface area contributed by atoms with Gasteiger partial charge >= 0.3 is 0 Å². The minimum atomic E-state index is -0.249. The summed E-state index contributed by atoms with van der Waals surface area (Å²) in [6.45, 7) is 11.1. The Labute approximate surface area is 229 Å². The SMILES string of the molecule is CCOc1cc(C=Nc2sc3c(c2C#N)CC[C@@H](C(C)(C)C)C3)ccc1OCC(=O)Nc1ccc(C)cc1. The quantitative estimate of drug-likeness (QED) is 0.312. The highest BCUT2D eigenvalue weighted by Gasteiger charge is 2.32. The molecule has 4 rings (SSSR count). The molecule has 0 saturated carbocycles. The molecule has 0 saturated heterocycles. The number of nitrogens with zero attached hydrogens (tertiary/aromatic N) is 2. The number of amides is 1. The molecule has 3 aromatic rings. The number of nitriles is 1. The Balaban J connectivity index is 1.46. The van der Waals surface area contributed by atoms with Gasteiger partial charge in [0.05, 0.1) is 12.2 Å². The first-order valence-electron chi connectivity index (χ1n) is 13.0. The molecule has 1 aromatic heterocycles. The van der Waals surface area contributed by atoms with Crippen LogP contribution in [0.1, 0.15) is 61.2 Å². The largest absolute Gasteiger partial charge is 0.490 e. The van der Waals surface area contributed by atoms with Crippen LogP contribution in [-0.2, 0) is 17.6 Å². The number of benzene rings is 2. The van der Waals surface area contributed by atoms with E-state index in [0.717, 1.165) is 41.1 Å². The molecule has 0 bridgehead atoms. The maximum Gasteiger partial charge on any atom is 0.262 e. The molecule has 1 heterocycles. The van der Waals surface area contributed by atoms with E-state index < -0.39 is 0 Å². The van der Waals surface area contributed by atoms with E-state index in [-0.39, 0.29) is 17.9 Å². The first kappa shape index (κ1) is 27.4. The van der Waals surface area contributed by atoms with Crippen LogP contribution in [0.25, 0.3) is 0 Å². The minimum absolute atomic E-state index is 0.136. The predicted octanol–water partition coefficient (Wildman–Crippen LogP) is 7.25. The van der Waals surface area contributed by atoms with Crippen molar-refractivity contribution in [1.29, 1.82) is 5.26 Å². The standard InChI is InChI=1S/C31H35N3O3S/c1-6-36-27-15-21(9-14-26(27)37-19-29(35)34-23-11-7-20(2)8-12-23)18-33-30-25(17-32)24-13-10-22(31(3,4)5)16-28(24)38-30/h7-9,11-12,14-15,18,22H,6,10,13,16,19H2,1-5H3,(H,34,35)/t22-/m1/s1. The fourth-order valence-electron chi connectivity index (χ4n) is 4.62. The summed E-state index contributed by atoms with van der Waals surface area (Å²) in [5.41, 5.74) is 4.81. The lowest BCUT2D eigenvalue weighted by molar-refractivity contribution is -0.118. The van der Waals surface area contributed by atoms with Crippen molar-refractivity contribution in [3.63, 3.8) is 0 Å². The Morgan fingerprint density at radius 2 is 1.95 bits per heavy atom. The number of hydrogen-bond acceptors (Lipinski definition) is 6. The van der Waals surface area contributed by atoms with Gasteiger partial charge in [0.2, 0.25) is 0 Å². The van der Waals surface area contributed by atoms with E-state index in [1.165, 1.54) is 10.4 Å². The van der Waals surface area contributed by atoms with Crippen molar-refractivity contribution in [2.45, 2.75) is 53.9 Å². The number of hydrogen-bond donors (Lipinski definition) is 1. The summed E-state index contributed by atoms with van der Waals surface area (Å²) in [4.78, 5) is 18.4. The molecule has 0 fully saturated rings. The molecule has 0 spiro atoms. The second kappa shape index (κ2) is 11.8. The molecule has 1 amide bonds. The van der Waals surface area contributed by atoms with Gasteiger partial charge in [0.15, 0.2) is 18.1 Å². The van der Waals surface area contributed by atoms with Crippen LogP contribution >= 0.6 is 11.3 Å². The number of thiophene rings is 1. The number of anilines is 1. The third-order valence-corrected chi connectivity index (χ3v) is 8.04. The number of carbonyl (C=O) groups is 1. The van der Waals surface area contributed by atoms with Gasteiger partial charge in [-0.2, -0.15) is 5.26 Å².